The van der Waals surface area contributed by atoms with E-state index < -0.39 is 0 Å². The molecule has 72 valence electrons. The van der Waals surface area contributed by atoms with E-state index in [1.807, 2.05) is 14.1 Å². The maximum atomic E-state index is 10.6. The van der Waals surface area contributed by atoms with Crippen molar-refractivity contribution in [2.24, 2.45) is 5.73 Å². The zero-order valence-electron chi connectivity index (χ0n) is 8.13. The lowest BCUT2D eigenvalue weighted by molar-refractivity contribution is -0.119. The Morgan fingerprint density at radius 3 is 2.58 bits per heavy atom. The number of hydrogen-bond donors (Lipinski definition) is 2. The van der Waals surface area contributed by atoms with Crippen LogP contribution in [-0.4, -0.2) is 44.0 Å². The SMILES string of the molecule is CC(NCCCN(C)C)C(N)=O. The number of carbonyl (C=O) groups is 1. The Bertz CT molecular complexity index is 136. The third kappa shape index (κ3) is 6.12. The van der Waals surface area contributed by atoms with E-state index in [1.54, 1.807) is 6.92 Å². The molecule has 0 spiro atoms. The summed E-state index contributed by atoms with van der Waals surface area (Å²) in [7, 11) is 4.05. The summed E-state index contributed by atoms with van der Waals surface area (Å²) in [6.07, 6.45) is 1.03. The van der Waals surface area contributed by atoms with Gasteiger partial charge in [0.15, 0.2) is 0 Å². The fourth-order valence-corrected chi connectivity index (χ4v) is 0.814. The highest BCUT2D eigenvalue weighted by molar-refractivity contribution is 5.79. The van der Waals surface area contributed by atoms with E-state index in [4.69, 9.17) is 5.73 Å². The number of amides is 1. The summed E-state index contributed by atoms with van der Waals surface area (Å²) in [5.41, 5.74) is 5.07. The van der Waals surface area contributed by atoms with Crippen LogP contribution in [0.5, 0.6) is 0 Å². The van der Waals surface area contributed by atoms with Gasteiger partial charge in [0.1, 0.15) is 0 Å². The molecule has 1 amide bonds. The molecule has 0 radical (unpaired) electrons. The second-order valence-corrected chi connectivity index (χ2v) is 3.24. The lowest BCUT2D eigenvalue weighted by atomic mass is 10.3. The summed E-state index contributed by atoms with van der Waals surface area (Å²) in [6.45, 7) is 3.64. The van der Waals surface area contributed by atoms with Crippen LogP contribution in [0.3, 0.4) is 0 Å². The minimum Gasteiger partial charge on any atom is -0.368 e. The second-order valence-electron chi connectivity index (χ2n) is 3.24. The van der Waals surface area contributed by atoms with Crippen LogP contribution in [0.1, 0.15) is 13.3 Å². The van der Waals surface area contributed by atoms with Gasteiger partial charge >= 0.3 is 0 Å². The normalized spacial score (nSPS) is 13.3. The van der Waals surface area contributed by atoms with Gasteiger partial charge in [0.05, 0.1) is 6.04 Å². The van der Waals surface area contributed by atoms with Crippen LogP contribution in [0, 0.1) is 0 Å². The summed E-state index contributed by atoms with van der Waals surface area (Å²) >= 11 is 0. The molecule has 0 bridgehead atoms. The van der Waals surface area contributed by atoms with Crippen molar-refractivity contribution in [3.05, 3.63) is 0 Å². The molecular formula is C8H19N3O. The Kier molecular flexibility index (Phi) is 5.66. The third-order valence-corrected chi connectivity index (χ3v) is 1.66. The molecule has 0 aliphatic carbocycles. The lowest BCUT2D eigenvalue weighted by Crippen LogP contribution is -2.39. The van der Waals surface area contributed by atoms with Gasteiger partial charge in [-0.25, -0.2) is 0 Å². The summed E-state index contributed by atoms with van der Waals surface area (Å²) in [5.74, 6) is -0.292. The number of hydrogen-bond acceptors (Lipinski definition) is 3. The molecule has 0 aromatic heterocycles. The maximum Gasteiger partial charge on any atom is 0.234 e. The first-order valence-corrected chi connectivity index (χ1v) is 4.21. The number of primary amides is 1. The van der Waals surface area contributed by atoms with Crippen molar-refractivity contribution < 1.29 is 4.79 Å². The smallest absolute Gasteiger partial charge is 0.234 e. The summed E-state index contributed by atoms with van der Waals surface area (Å²) < 4.78 is 0. The second kappa shape index (κ2) is 5.97. The highest BCUT2D eigenvalue weighted by atomic mass is 16.1. The van der Waals surface area contributed by atoms with Crippen molar-refractivity contribution in [3.8, 4) is 0 Å². The summed E-state index contributed by atoms with van der Waals surface area (Å²) in [4.78, 5) is 12.7. The molecule has 12 heavy (non-hydrogen) atoms. The van der Waals surface area contributed by atoms with E-state index in [9.17, 15) is 4.79 Å². The summed E-state index contributed by atoms with van der Waals surface area (Å²) in [5, 5.41) is 3.04. The third-order valence-electron chi connectivity index (χ3n) is 1.66. The number of nitrogens with zero attached hydrogens (tertiary/aromatic N) is 1. The molecule has 0 aromatic rings. The van der Waals surface area contributed by atoms with Crippen molar-refractivity contribution in [2.45, 2.75) is 19.4 Å². The molecule has 1 atom stereocenters. The molecule has 4 heteroatoms. The van der Waals surface area contributed by atoms with Gasteiger partial charge in [-0.1, -0.05) is 0 Å². The zero-order valence-corrected chi connectivity index (χ0v) is 8.13. The first-order chi connectivity index (χ1) is 5.54. The zero-order chi connectivity index (χ0) is 9.56. The van der Waals surface area contributed by atoms with Crippen molar-refractivity contribution in [3.63, 3.8) is 0 Å². The van der Waals surface area contributed by atoms with Crippen molar-refractivity contribution in [1.29, 1.82) is 0 Å². The van der Waals surface area contributed by atoms with Crippen LogP contribution in [0.15, 0.2) is 0 Å². The average Bonchev–Trinajstić information content (AvgIpc) is 1.97. The standard InChI is InChI=1S/C8H19N3O/c1-7(8(9)12)10-5-4-6-11(2)3/h7,10H,4-6H2,1-3H3,(H2,9,12). The van der Waals surface area contributed by atoms with Gasteiger partial charge in [-0.3, -0.25) is 4.79 Å². The van der Waals surface area contributed by atoms with Crippen LogP contribution in [0.4, 0.5) is 0 Å². The van der Waals surface area contributed by atoms with Crippen LogP contribution in [0.2, 0.25) is 0 Å². The van der Waals surface area contributed by atoms with Gasteiger partial charge in [0.2, 0.25) is 5.91 Å². The molecule has 0 heterocycles. The molecule has 0 aromatic carbocycles. The predicted molar refractivity (Wildman–Crippen MR) is 49.8 cm³/mol. The number of nitrogens with one attached hydrogen (secondary N) is 1. The number of nitrogens with two attached hydrogens (primary N) is 1. The number of rotatable bonds is 6. The van der Waals surface area contributed by atoms with Gasteiger partial charge in [-0.05, 0) is 40.5 Å². The monoisotopic (exact) mass is 173 g/mol. The molecule has 0 rings (SSSR count). The Hall–Kier alpha value is -0.610. The molecule has 0 fully saturated rings. The molecule has 0 aliphatic rings. The van der Waals surface area contributed by atoms with E-state index in [0.717, 1.165) is 19.5 Å². The molecule has 4 nitrogen and oxygen atoms in total. The molecule has 0 aliphatic heterocycles. The Labute approximate surface area is 74.1 Å². The first kappa shape index (κ1) is 11.4. The lowest BCUT2D eigenvalue weighted by Gasteiger charge is -2.12. The first-order valence-electron chi connectivity index (χ1n) is 4.21. The van der Waals surface area contributed by atoms with Gasteiger partial charge in [0.25, 0.3) is 0 Å². The van der Waals surface area contributed by atoms with Gasteiger partial charge < -0.3 is 16.0 Å². The average molecular weight is 173 g/mol. The largest absolute Gasteiger partial charge is 0.368 e. The van der Waals surface area contributed by atoms with E-state index >= 15 is 0 Å². The van der Waals surface area contributed by atoms with Gasteiger partial charge in [-0.15, -0.1) is 0 Å². The van der Waals surface area contributed by atoms with Crippen molar-refractivity contribution >= 4 is 5.91 Å². The van der Waals surface area contributed by atoms with Gasteiger partial charge in [0, 0.05) is 0 Å². The molecular weight excluding hydrogens is 154 g/mol. The van der Waals surface area contributed by atoms with Crippen molar-refractivity contribution in [2.75, 3.05) is 27.2 Å². The van der Waals surface area contributed by atoms with Crippen molar-refractivity contribution in [1.82, 2.24) is 10.2 Å². The number of carbonyl (C=O) groups excluding carboxylic acids is 1. The summed E-state index contributed by atoms with van der Waals surface area (Å²) in [6, 6.07) is -0.216. The highest BCUT2D eigenvalue weighted by Crippen LogP contribution is 1.83. The van der Waals surface area contributed by atoms with E-state index in [1.165, 1.54) is 0 Å². The Morgan fingerprint density at radius 2 is 2.17 bits per heavy atom. The van der Waals surface area contributed by atoms with E-state index in [2.05, 4.69) is 10.2 Å². The van der Waals surface area contributed by atoms with Crippen LogP contribution in [-0.2, 0) is 4.79 Å². The topological polar surface area (TPSA) is 58.4 Å². The van der Waals surface area contributed by atoms with Crippen LogP contribution >= 0.6 is 0 Å². The molecule has 1 unspecified atom stereocenters. The van der Waals surface area contributed by atoms with E-state index in [0.29, 0.717) is 0 Å². The molecule has 3 N–H and O–H groups in total. The Morgan fingerprint density at radius 1 is 1.58 bits per heavy atom. The van der Waals surface area contributed by atoms with E-state index in [-0.39, 0.29) is 11.9 Å². The fourth-order valence-electron chi connectivity index (χ4n) is 0.814. The van der Waals surface area contributed by atoms with Crippen LogP contribution < -0.4 is 11.1 Å². The molecule has 0 saturated carbocycles. The Balaban J connectivity index is 3.25. The minimum atomic E-state index is -0.292. The fraction of sp³-hybridized carbons (Fsp3) is 0.875. The predicted octanol–water partition coefficient (Wildman–Crippen LogP) is -0.598. The molecule has 0 saturated heterocycles. The maximum absolute atomic E-state index is 10.6. The quantitative estimate of drug-likeness (QED) is 0.527. The van der Waals surface area contributed by atoms with Crippen LogP contribution in [0.25, 0.3) is 0 Å². The minimum absolute atomic E-state index is 0.216. The highest BCUT2D eigenvalue weighted by Gasteiger charge is 2.05. The van der Waals surface area contributed by atoms with Gasteiger partial charge in [-0.2, -0.15) is 0 Å².